The van der Waals surface area contributed by atoms with Gasteiger partial charge in [-0.1, -0.05) is 6.92 Å². The Morgan fingerprint density at radius 2 is 1.94 bits per heavy atom. The van der Waals surface area contributed by atoms with Crippen LogP contribution in [0.2, 0.25) is 5.28 Å². The SMILES string of the molecule is CCCN(c1cc(C(F)(F)F)nc(Cl)n1)C(C)C. The second-order valence-electron chi connectivity index (χ2n) is 4.17. The third-order valence-electron chi connectivity index (χ3n) is 2.36. The van der Waals surface area contributed by atoms with Gasteiger partial charge in [-0.15, -0.1) is 0 Å². The molecule has 0 saturated heterocycles. The number of anilines is 1. The molecule has 0 aliphatic heterocycles. The van der Waals surface area contributed by atoms with Crippen LogP contribution in [-0.4, -0.2) is 22.6 Å². The molecule has 3 nitrogen and oxygen atoms in total. The molecule has 102 valence electrons. The molecular formula is C11H15ClF3N3. The molecule has 0 aliphatic carbocycles. The molecule has 1 aromatic rings. The van der Waals surface area contributed by atoms with Crippen molar-refractivity contribution in [1.29, 1.82) is 0 Å². The molecule has 7 heteroatoms. The van der Waals surface area contributed by atoms with E-state index in [0.29, 0.717) is 6.54 Å². The van der Waals surface area contributed by atoms with Crippen molar-refractivity contribution in [3.63, 3.8) is 0 Å². The fourth-order valence-corrected chi connectivity index (χ4v) is 1.75. The molecule has 0 N–H and O–H groups in total. The van der Waals surface area contributed by atoms with E-state index in [2.05, 4.69) is 9.97 Å². The summed E-state index contributed by atoms with van der Waals surface area (Å²) in [6.45, 7) is 6.34. The van der Waals surface area contributed by atoms with Crippen molar-refractivity contribution in [2.45, 2.75) is 39.4 Å². The van der Waals surface area contributed by atoms with Crippen molar-refractivity contribution < 1.29 is 13.2 Å². The van der Waals surface area contributed by atoms with Gasteiger partial charge in [0, 0.05) is 18.7 Å². The normalized spacial score (nSPS) is 12.0. The molecule has 0 saturated carbocycles. The first kappa shape index (κ1) is 15.0. The third-order valence-corrected chi connectivity index (χ3v) is 2.53. The van der Waals surface area contributed by atoms with Crippen molar-refractivity contribution >= 4 is 17.4 Å². The lowest BCUT2D eigenvalue weighted by Crippen LogP contribution is -2.32. The largest absolute Gasteiger partial charge is 0.433 e. The lowest BCUT2D eigenvalue weighted by Gasteiger charge is -2.27. The summed E-state index contributed by atoms with van der Waals surface area (Å²) in [5, 5.41) is -0.387. The quantitative estimate of drug-likeness (QED) is 0.787. The maximum absolute atomic E-state index is 12.6. The summed E-state index contributed by atoms with van der Waals surface area (Å²) in [5.74, 6) is 0.208. The first-order valence-corrected chi connectivity index (χ1v) is 6.02. The van der Waals surface area contributed by atoms with Crippen LogP contribution in [0.4, 0.5) is 19.0 Å². The van der Waals surface area contributed by atoms with Gasteiger partial charge in [0.25, 0.3) is 0 Å². The van der Waals surface area contributed by atoms with Gasteiger partial charge < -0.3 is 4.90 Å². The van der Waals surface area contributed by atoms with Crippen molar-refractivity contribution in [3.05, 3.63) is 17.0 Å². The standard InChI is InChI=1S/C11H15ClF3N3/c1-4-5-18(7(2)3)9-6-8(11(13,14)15)16-10(12)17-9/h6-7H,4-5H2,1-3H3. The molecule has 1 rings (SSSR count). The fraction of sp³-hybridized carbons (Fsp3) is 0.636. The highest BCUT2D eigenvalue weighted by Gasteiger charge is 2.34. The van der Waals surface area contributed by atoms with E-state index in [1.54, 1.807) is 4.90 Å². The molecule has 0 radical (unpaired) electrons. The van der Waals surface area contributed by atoms with Gasteiger partial charge in [0.1, 0.15) is 5.82 Å². The molecule has 0 amide bonds. The molecule has 1 aromatic heterocycles. The van der Waals surface area contributed by atoms with Crippen molar-refractivity contribution in [2.75, 3.05) is 11.4 Å². The Morgan fingerprint density at radius 3 is 2.39 bits per heavy atom. The number of alkyl halides is 3. The Hall–Kier alpha value is -1.04. The Balaban J connectivity index is 3.19. The lowest BCUT2D eigenvalue weighted by atomic mass is 10.2. The number of nitrogens with zero attached hydrogens (tertiary/aromatic N) is 3. The van der Waals surface area contributed by atoms with Gasteiger partial charge in [-0.3, -0.25) is 0 Å². The van der Waals surface area contributed by atoms with Gasteiger partial charge in [-0.2, -0.15) is 13.2 Å². The van der Waals surface area contributed by atoms with Crippen LogP contribution < -0.4 is 4.90 Å². The number of rotatable bonds is 4. The summed E-state index contributed by atoms with van der Waals surface area (Å²) in [7, 11) is 0. The Bertz CT molecular complexity index is 407. The van der Waals surface area contributed by atoms with Gasteiger partial charge in [-0.05, 0) is 31.9 Å². The first-order valence-electron chi connectivity index (χ1n) is 5.64. The zero-order valence-electron chi connectivity index (χ0n) is 10.4. The molecule has 0 atom stereocenters. The van der Waals surface area contributed by atoms with Crippen LogP contribution in [0.25, 0.3) is 0 Å². The van der Waals surface area contributed by atoms with Gasteiger partial charge in [-0.25, -0.2) is 9.97 Å². The zero-order chi connectivity index (χ0) is 13.9. The summed E-state index contributed by atoms with van der Waals surface area (Å²) in [5.41, 5.74) is -1.01. The number of hydrogen-bond acceptors (Lipinski definition) is 3. The highest BCUT2D eigenvalue weighted by molar-refractivity contribution is 6.28. The first-order chi connectivity index (χ1) is 8.25. The zero-order valence-corrected chi connectivity index (χ0v) is 11.2. The Morgan fingerprint density at radius 1 is 1.33 bits per heavy atom. The summed E-state index contributed by atoms with van der Waals surface area (Å²) in [4.78, 5) is 8.84. The molecule has 18 heavy (non-hydrogen) atoms. The van der Waals surface area contributed by atoms with Crippen LogP contribution >= 0.6 is 11.6 Å². The molecule has 0 unspecified atom stereocenters. The second-order valence-corrected chi connectivity index (χ2v) is 4.50. The molecule has 0 bridgehead atoms. The van der Waals surface area contributed by atoms with Gasteiger partial charge >= 0.3 is 6.18 Å². The highest BCUT2D eigenvalue weighted by atomic mass is 35.5. The Labute approximate surface area is 109 Å². The fourth-order valence-electron chi connectivity index (χ4n) is 1.58. The van der Waals surface area contributed by atoms with Crippen LogP contribution in [0.5, 0.6) is 0 Å². The molecule has 0 aromatic carbocycles. The summed E-state index contributed by atoms with van der Waals surface area (Å²) < 4.78 is 37.9. The number of hydrogen-bond donors (Lipinski definition) is 0. The topological polar surface area (TPSA) is 29.0 Å². The molecule has 1 heterocycles. The minimum absolute atomic E-state index is 0.0389. The van der Waals surface area contributed by atoms with E-state index in [-0.39, 0.29) is 17.1 Å². The van der Waals surface area contributed by atoms with Crippen molar-refractivity contribution in [3.8, 4) is 0 Å². The minimum atomic E-state index is -4.52. The van der Waals surface area contributed by atoms with Gasteiger partial charge in [0.15, 0.2) is 5.69 Å². The van der Waals surface area contributed by atoms with Gasteiger partial charge in [0.2, 0.25) is 5.28 Å². The monoisotopic (exact) mass is 281 g/mol. The van der Waals surface area contributed by atoms with E-state index in [1.807, 2.05) is 20.8 Å². The highest BCUT2D eigenvalue weighted by Crippen LogP contribution is 2.30. The van der Waals surface area contributed by atoms with Crippen LogP contribution in [0.15, 0.2) is 6.07 Å². The van der Waals surface area contributed by atoms with Crippen molar-refractivity contribution in [2.24, 2.45) is 0 Å². The molecular weight excluding hydrogens is 267 g/mol. The van der Waals surface area contributed by atoms with Crippen LogP contribution in [-0.2, 0) is 6.18 Å². The smallest absolute Gasteiger partial charge is 0.354 e. The van der Waals surface area contributed by atoms with E-state index in [1.165, 1.54) is 0 Å². The van der Waals surface area contributed by atoms with Crippen LogP contribution in [0, 0.1) is 0 Å². The number of halogens is 4. The molecule has 0 aliphatic rings. The third kappa shape index (κ3) is 3.73. The summed E-state index contributed by atoms with van der Waals surface area (Å²) >= 11 is 5.56. The predicted octanol–water partition coefficient (Wildman–Crippen LogP) is 3.77. The van der Waals surface area contributed by atoms with E-state index in [9.17, 15) is 13.2 Å². The molecule has 0 spiro atoms. The maximum Gasteiger partial charge on any atom is 0.433 e. The average molecular weight is 282 g/mol. The van der Waals surface area contributed by atoms with Crippen LogP contribution in [0.1, 0.15) is 32.9 Å². The maximum atomic E-state index is 12.6. The lowest BCUT2D eigenvalue weighted by molar-refractivity contribution is -0.141. The van der Waals surface area contributed by atoms with Gasteiger partial charge in [0.05, 0.1) is 0 Å². The summed E-state index contributed by atoms with van der Waals surface area (Å²) in [6.07, 6.45) is -3.71. The van der Waals surface area contributed by atoms with Crippen LogP contribution in [0.3, 0.4) is 0 Å². The average Bonchev–Trinajstić information content (AvgIpc) is 2.23. The minimum Gasteiger partial charge on any atom is -0.354 e. The second kappa shape index (κ2) is 5.73. The van der Waals surface area contributed by atoms with E-state index >= 15 is 0 Å². The van der Waals surface area contributed by atoms with E-state index in [0.717, 1.165) is 12.5 Å². The van der Waals surface area contributed by atoms with E-state index < -0.39 is 11.9 Å². The van der Waals surface area contributed by atoms with Crippen molar-refractivity contribution in [1.82, 2.24) is 9.97 Å². The predicted molar refractivity (Wildman–Crippen MR) is 64.8 cm³/mol. The summed E-state index contributed by atoms with van der Waals surface area (Å²) in [6, 6.07) is 0.971. The Kier molecular flexibility index (Phi) is 4.78. The number of aromatic nitrogens is 2. The molecule has 0 fully saturated rings. The van der Waals surface area contributed by atoms with E-state index in [4.69, 9.17) is 11.6 Å².